The lowest BCUT2D eigenvalue weighted by molar-refractivity contribution is -0.133. The fourth-order valence-corrected chi connectivity index (χ4v) is 4.83. The maximum Gasteiger partial charge on any atom is 0.244 e. The van der Waals surface area contributed by atoms with Crippen molar-refractivity contribution in [1.29, 1.82) is 0 Å². The highest BCUT2D eigenvalue weighted by Crippen LogP contribution is 2.19. The van der Waals surface area contributed by atoms with Crippen LogP contribution in [-0.2, 0) is 21.4 Å². The predicted octanol–water partition coefficient (Wildman–Crippen LogP) is 1.59. The molecule has 0 unspecified atom stereocenters. The summed E-state index contributed by atoms with van der Waals surface area (Å²) in [5, 5.41) is 1.12. The number of hydrogen-bond donors (Lipinski definition) is 0. The number of carbonyl (C=O) groups excluding carboxylic acids is 1. The van der Waals surface area contributed by atoms with E-state index in [4.69, 9.17) is 0 Å². The number of amides is 1. The average Bonchev–Trinajstić information content (AvgIpc) is 2.80. The first-order valence-electron chi connectivity index (χ1n) is 10.1. The molecule has 8 nitrogen and oxygen atoms in total. The summed E-state index contributed by atoms with van der Waals surface area (Å²) in [5.41, 5.74) is 2.17. The van der Waals surface area contributed by atoms with Crippen molar-refractivity contribution in [3.63, 3.8) is 0 Å². The molecule has 1 amide bonds. The van der Waals surface area contributed by atoms with E-state index in [-0.39, 0.29) is 17.3 Å². The molecule has 0 atom stereocenters. The van der Waals surface area contributed by atoms with Gasteiger partial charge in [0.2, 0.25) is 15.9 Å². The van der Waals surface area contributed by atoms with Crippen LogP contribution in [0.3, 0.4) is 0 Å². The topological polar surface area (TPSA) is 86.7 Å². The van der Waals surface area contributed by atoms with Crippen LogP contribution in [0.4, 0.5) is 0 Å². The van der Waals surface area contributed by atoms with Gasteiger partial charge in [0.15, 0.2) is 0 Å². The van der Waals surface area contributed by atoms with Crippen molar-refractivity contribution in [2.24, 2.45) is 0 Å². The van der Waals surface area contributed by atoms with E-state index in [0.29, 0.717) is 13.1 Å². The van der Waals surface area contributed by atoms with Crippen molar-refractivity contribution in [3.8, 4) is 0 Å². The van der Waals surface area contributed by atoms with Crippen molar-refractivity contribution in [1.82, 2.24) is 24.1 Å². The lowest BCUT2D eigenvalue weighted by Crippen LogP contribution is -2.51. The molecule has 1 aliphatic rings. The maximum atomic E-state index is 12.7. The second-order valence-corrected chi connectivity index (χ2v) is 9.64. The minimum absolute atomic E-state index is 0.0822. The first-order valence-corrected chi connectivity index (χ1v) is 11.6. The Hall–Kier alpha value is -2.88. The number of carbonyl (C=O) groups is 1. The second kappa shape index (κ2) is 9.09. The number of pyridine rings is 2. The first-order chi connectivity index (χ1) is 14.9. The number of aromatic nitrogens is 2. The number of benzene rings is 1. The highest BCUT2D eigenvalue weighted by atomic mass is 32.2. The van der Waals surface area contributed by atoms with Gasteiger partial charge in [0.05, 0.1) is 12.1 Å². The SMILES string of the molecule is CN(CC(=O)N1CCN(Cc2cccc3cccnc23)CC1)S(=O)(=O)c1cccnc1. The number of hydrogen-bond acceptors (Lipinski definition) is 6. The van der Waals surface area contributed by atoms with Gasteiger partial charge in [-0.2, -0.15) is 4.31 Å². The van der Waals surface area contributed by atoms with E-state index in [2.05, 4.69) is 33.1 Å². The highest BCUT2D eigenvalue weighted by molar-refractivity contribution is 7.89. The lowest BCUT2D eigenvalue weighted by Gasteiger charge is -2.35. The van der Waals surface area contributed by atoms with Gasteiger partial charge in [-0.3, -0.25) is 19.7 Å². The van der Waals surface area contributed by atoms with E-state index >= 15 is 0 Å². The summed E-state index contributed by atoms with van der Waals surface area (Å²) in [7, 11) is -2.32. The molecule has 4 rings (SSSR count). The van der Waals surface area contributed by atoms with Gasteiger partial charge in [0.25, 0.3) is 0 Å². The summed E-state index contributed by atoms with van der Waals surface area (Å²) in [6.45, 7) is 3.17. The van der Waals surface area contributed by atoms with Crippen molar-refractivity contribution in [2.75, 3.05) is 39.8 Å². The van der Waals surface area contributed by atoms with Crippen LogP contribution in [0.1, 0.15) is 5.56 Å². The Morgan fingerprint density at radius 2 is 1.77 bits per heavy atom. The Balaban J connectivity index is 1.34. The van der Waals surface area contributed by atoms with Crippen LogP contribution in [0, 0.1) is 0 Å². The summed E-state index contributed by atoms with van der Waals surface area (Å²) in [4.78, 5) is 25.2. The number of para-hydroxylation sites is 1. The Bertz CT molecular complexity index is 1160. The number of likely N-dealkylation sites (N-methyl/N-ethyl adjacent to an activating group) is 1. The number of rotatable bonds is 6. The van der Waals surface area contributed by atoms with Crippen LogP contribution in [-0.4, -0.2) is 78.2 Å². The van der Waals surface area contributed by atoms with Crippen molar-refractivity contribution in [2.45, 2.75) is 11.4 Å². The summed E-state index contributed by atoms with van der Waals surface area (Å²) in [6.07, 6.45) is 4.60. The fraction of sp³-hybridized carbons (Fsp3) is 0.318. The Morgan fingerprint density at radius 3 is 2.52 bits per heavy atom. The van der Waals surface area contributed by atoms with E-state index in [1.807, 2.05) is 12.1 Å². The molecule has 0 N–H and O–H groups in total. The molecule has 0 radical (unpaired) electrons. The fourth-order valence-electron chi connectivity index (χ4n) is 3.75. The summed E-state index contributed by atoms with van der Waals surface area (Å²) < 4.78 is 26.3. The Kier molecular flexibility index (Phi) is 6.26. The third-order valence-corrected chi connectivity index (χ3v) is 7.32. The molecule has 3 heterocycles. The van der Waals surface area contributed by atoms with Gasteiger partial charge in [-0.15, -0.1) is 0 Å². The van der Waals surface area contributed by atoms with Crippen molar-refractivity contribution in [3.05, 3.63) is 66.6 Å². The Morgan fingerprint density at radius 1 is 1.03 bits per heavy atom. The maximum absolute atomic E-state index is 12.7. The molecule has 1 aliphatic heterocycles. The standard InChI is InChI=1S/C22H25N5O3S/c1-25(31(29,30)20-8-4-9-23-15-20)17-21(28)27-13-11-26(12-14-27)16-19-6-2-5-18-7-3-10-24-22(18)19/h2-10,15H,11-14,16-17H2,1H3. The molecule has 31 heavy (non-hydrogen) atoms. The van der Waals surface area contributed by atoms with Gasteiger partial charge in [0.1, 0.15) is 4.90 Å². The van der Waals surface area contributed by atoms with Gasteiger partial charge in [-0.25, -0.2) is 8.42 Å². The van der Waals surface area contributed by atoms with Crippen LogP contribution in [0.25, 0.3) is 10.9 Å². The molecule has 1 aromatic carbocycles. The minimum Gasteiger partial charge on any atom is -0.339 e. The number of fused-ring (bicyclic) bond motifs is 1. The van der Waals surface area contributed by atoms with Crippen molar-refractivity contribution >= 4 is 26.8 Å². The molecule has 1 saturated heterocycles. The summed E-state index contributed by atoms with van der Waals surface area (Å²) in [6, 6.07) is 13.2. The minimum atomic E-state index is -3.74. The van der Waals surface area contributed by atoms with Gasteiger partial charge in [-0.05, 0) is 23.8 Å². The molecule has 9 heteroatoms. The molecular weight excluding hydrogens is 414 g/mol. The average molecular weight is 440 g/mol. The van der Waals surface area contributed by atoms with Crippen LogP contribution >= 0.6 is 0 Å². The normalized spacial score (nSPS) is 15.5. The molecule has 162 valence electrons. The van der Waals surface area contributed by atoms with Crippen LogP contribution < -0.4 is 0 Å². The van der Waals surface area contributed by atoms with Crippen LogP contribution in [0.2, 0.25) is 0 Å². The number of piperazine rings is 1. The van der Waals surface area contributed by atoms with Crippen molar-refractivity contribution < 1.29 is 13.2 Å². The zero-order valence-corrected chi connectivity index (χ0v) is 18.2. The van der Waals surface area contributed by atoms with Crippen LogP contribution in [0.5, 0.6) is 0 Å². The van der Waals surface area contributed by atoms with E-state index in [1.165, 1.54) is 31.1 Å². The lowest BCUT2D eigenvalue weighted by atomic mass is 10.1. The summed E-state index contributed by atoms with van der Waals surface area (Å²) >= 11 is 0. The van der Waals surface area contributed by atoms with Crippen LogP contribution in [0.15, 0.2) is 66.0 Å². The predicted molar refractivity (Wildman–Crippen MR) is 118 cm³/mol. The zero-order valence-electron chi connectivity index (χ0n) is 17.4. The number of nitrogens with zero attached hydrogens (tertiary/aromatic N) is 5. The summed E-state index contributed by atoms with van der Waals surface area (Å²) in [5.74, 6) is -0.193. The molecule has 0 spiro atoms. The zero-order chi connectivity index (χ0) is 21.8. The Labute approximate surface area is 182 Å². The third-order valence-electron chi connectivity index (χ3n) is 5.54. The molecule has 3 aromatic rings. The molecule has 0 saturated carbocycles. The van der Waals surface area contributed by atoms with Gasteiger partial charge >= 0.3 is 0 Å². The molecule has 2 aromatic heterocycles. The van der Waals surface area contributed by atoms with E-state index in [0.717, 1.165) is 34.8 Å². The van der Waals surface area contributed by atoms with E-state index in [1.54, 1.807) is 17.2 Å². The second-order valence-electron chi connectivity index (χ2n) is 7.60. The van der Waals surface area contributed by atoms with Gasteiger partial charge in [0, 0.05) is 63.7 Å². The highest BCUT2D eigenvalue weighted by Gasteiger charge is 2.27. The quantitative estimate of drug-likeness (QED) is 0.580. The monoisotopic (exact) mass is 439 g/mol. The third kappa shape index (κ3) is 4.73. The van der Waals surface area contributed by atoms with E-state index in [9.17, 15) is 13.2 Å². The molecule has 1 fully saturated rings. The van der Waals surface area contributed by atoms with Gasteiger partial charge in [-0.1, -0.05) is 24.3 Å². The largest absolute Gasteiger partial charge is 0.339 e. The molecule has 0 bridgehead atoms. The first kappa shape index (κ1) is 21.4. The smallest absolute Gasteiger partial charge is 0.244 e. The number of sulfonamides is 1. The van der Waals surface area contributed by atoms with E-state index < -0.39 is 10.0 Å². The molecule has 0 aliphatic carbocycles. The molecular formula is C22H25N5O3S. The van der Waals surface area contributed by atoms with Gasteiger partial charge < -0.3 is 4.90 Å².